The summed E-state index contributed by atoms with van der Waals surface area (Å²) < 4.78 is 0. The fourth-order valence-corrected chi connectivity index (χ4v) is 2.86. The van der Waals surface area contributed by atoms with Crippen molar-refractivity contribution >= 4 is 17.2 Å². The van der Waals surface area contributed by atoms with Crippen LogP contribution in [0, 0.1) is 6.92 Å². The summed E-state index contributed by atoms with van der Waals surface area (Å²) in [4.78, 5) is 9.02. The third-order valence-corrected chi connectivity index (χ3v) is 4.07. The van der Waals surface area contributed by atoms with E-state index in [4.69, 9.17) is 0 Å². The molecule has 0 atom stereocenters. The highest BCUT2D eigenvalue weighted by Crippen LogP contribution is 2.31. The zero-order valence-corrected chi connectivity index (χ0v) is 15.0. The molecule has 0 saturated heterocycles. The number of nitrogens with one attached hydrogen (secondary N) is 1. The Morgan fingerprint density at radius 2 is 1.68 bits per heavy atom. The van der Waals surface area contributed by atoms with Gasteiger partial charge in [-0.1, -0.05) is 61.9 Å². The van der Waals surface area contributed by atoms with E-state index in [0.29, 0.717) is 5.95 Å². The smallest absolute Gasteiger partial charge is 0.227 e. The fourth-order valence-electron chi connectivity index (χ4n) is 2.86. The van der Waals surface area contributed by atoms with Crippen LogP contribution in [0.5, 0.6) is 0 Å². The van der Waals surface area contributed by atoms with Gasteiger partial charge in [-0.15, -0.1) is 0 Å². The Bertz CT molecular complexity index is 880. The first-order valence-corrected chi connectivity index (χ1v) is 8.75. The van der Waals surface area contributed by atoms with Gasteiger partial charge < -0.3 is 5.32 Å². The highest BCUT2D eigenvalue weighted by Gasteiger charge is 2.16. The minimum atomic E-state index is 0.622. The highest BCUT2D eigenvalue weighted by molar-refractivity contribution is 5.83. The summed E-state index contributed by atoms with van der Waals surface area (Å²) in [6.07, 6.45) is 5.01. The summed E-state index contributed by atoms with van der Waals surface area (Å²) in [6, 6.07) is 18.7. The zero-order chi connectivity index (χ0) is 17.6. The molecule has 0 saturated carbocycles. The van der Waals surface area contributed by atoms with Crippen molar-refractivity contribution < 1.29 is 0 Å². The summed E-state index contributed by atoms with van der Waals surface area (Å²) in [5.41, 5.74) is 7.00. The predicted molar refractivity (Wildman–Crippen MR) is 105 cm³/mol. The Labute approximate surface area is 149 Å². The Balaban J connectivity index is 0.000000880. The third-order valence-electron chi connectivity index (χ3n) is 4.07. The van der Waals surface area contributed by atoms with Crippen LogP contribution in [-0.2, 0) is 6.42 Å². The first-order chi connectivity index (χ1) is 12.3. The molecule has 0 radical (unpaired) electrons. The van der Waals surface area contributed by atoms with Crippen molar-refractivity contribution in [2.45, 2.75) is 27.2 Å². The molecule has 4 rings (SSSR count). The minimum absolute atomic E-state index is 0.622. The number of fused-ring (bicyclic) bond motifs is 1. The lowest BCUT2D eigenvalue weighted by molar-refractivity contribution is 1.14. The van der Waals surface area contributed by atoms with Crippen LogP contribution >= 0.6 is 0 Å². The molecule has 126 valence electrons. The highest BCUT2D eigenvalue weighted by atomic mass is 15.1. The van der Waals surface area contributed by atoms with Crippen LogP contribution in [0.15, 0.2) is 66.9 Å². The summed E-state index contributed by atoms with van der Waals surface area (Å²) in [6.45, 7) is 6.07. The van der Waals surface area contributed by atoms with Gasteiger partial charge >= 0.3 is 0 Å². The van der Waals surface area contributed by atoms with E-state index in [1.165, 1.54) is 22.3 Å². The van der Waals surface area contributed by atoms with Crippen LogP contribution in [0.4, 0.5) is 11.6 Å². The van der Waals surface area contributed by atoms with Crippen molar-refractivity contribution in [2.75, 3.05) is 5.32 Å². The molecule has 0 amide bonds. The second-order valence-electron chi connectivity index (χ2n) is 5.74. The standard InChI is InChI=1S/C20H17N3.C2H6/c1-14-6-9-16(10-7-14)22-20-21-13-12-19(23-20)18-11-8-15-4-2-3-5-17(15)18;1-2/h2-7,9-13H,8H2,1H3,(H,21,22,23);1-2H3. The maximum Gasteiger partial charge on any atom is 0.227 e. The Kier molecular flexibility index (Phi) is 5.24. The lowest BCUT2D eigenvalue weighted by atomic mass is 10.0. The molecule has 3 nitrogen and oxygen atoms in total. The second-order valence-corrected chi connectivity index (χ2v) is 5.74. The van der Waals surface area contributed by atoms with Crippen LogP contribution < -0.4 is 5.32 Å². The maximum absolute atomic E-state index is 4.68. The Morgan fingerprint density at radius 3 is 2.48 bits per heavy atom. The summed E-state index contributed by atoms with van der Waals surface area (Å²) in [5, 5.41) is 3.27. The molecule has 0 fully saturated rings. The average Bonchev–Trinajstić information content (AvgIpc) is 3.10. The molecule has 3 aromatic rings. The van der Waals surface area contributed by atoms with Crippen LogP contribution in [0.25, 0.3) is 5.57 Å². The molecule has 2 aromatic carbocycles. The monoisotopic (exact) mass is 329 g/mol. The Hall–Kier alpha value is -2.94. The number of aryl methyl sites for hydroxylation is 1. The van der Waals surface area contributed by atoms with E-state index in [2.05, 4.69) is 64.7 Å². The molecule has 1 aliphatic carbocycles. The van der Waals surface area contributed by atoms with E-state index in [1.807, 2.05) is 32.0 Å². The van der Waals surface area contributed by atoms with Crippen molar-refractivity contribution in [3.8, 4) is 0 Å². The quantitative estimate of drug-likeness (QED) is 0.685. The number of hydrogen-bond acceptors (Lipinski definition) is 3. The molecule has 0 spiro atoms. The average molecular weight is 329 g/mol. The van der Waals surface area contributed by atoms with Gasteiger partial charge in [0.05, 0.1) is 5.69 Å². The lowest BCUT2D eigenvalue weighted by Gasteiger charge is -2.08. The number of nitrogens with zero attached hydrogens (tertiary/aromatic N) is 2. The van der Waals surface area contributed by atoms with Crippen molar-refractivity contribution in [1.29, 1.82) is 0 Å². The molecular formula is C22H23N3. The number of benzene rings is 2. The molecule has 3 heteroatoms. The number of rotatable bonds is 3. The molecular weight excluding hydrogens is 306 g/mol. The van der Waals surface area contributed by atoms with Crippen LogP contribution in [0.1, 0.15) is 36.2 Å². The number of aromatic nitrogens is 2. The third kappa shape index (κ3) is 3.77. The normalized spacial score (nSPS) is 11.9. The number of hydrogen-bond donors (Lipinski definition) is 1. The second kappa shape index (κ2) is 7.75. The van der Waals surface area contributed by atoms with Crippen molar-refractivity contribution in [3.05, 3.63) is 89.3 Å². The molecule has 25 heavy (non-hydrogen) atoms. The first-order valence-electron chi connectivity index (χ1n) is 8.75. The SMILES string of the molecule is CC.Cc1ccc(Nc2nccc(C3=CCc4ccccc43)n2)cc1. The molecule has 1 aromatic heterocycles. The Morgan fingerprint density at radius 1 is 0.920 bits per heavy atom. The van der Waals surface area contributed by atoms with Gasteiger partial charge in [-0.25, -0.2) is 9.97 Å². The van der Waals surface area contributed by atoms with E-state index in [0.717, 1.165) is 17.8 Å². The van der Waals surface area contributed by atoms with E-state index < -0.39 is 0 Å². The van der Waals surface area contributed by atoms with Crippen molar-refractivity contribution in [1.82, 2.24) is 9.97 Å². The summed E-state index contributed by atoms with van der Waals surface area (Å²) in [5.74, 6) is 0.622. The molecule has 0 unspecified atom stereocenters. The van der Waals surface area contributed by atoms with Crippen LogP contribution in [-0.4, -0.2) is 9.97 Å². The van der Waals surface area contributed by atoms with Gasteiger partial charge in [0.2, 0.25) is 5.95 Å². The van der Waals surface area contributed by atoms with Crippen LogP contribution in [0.3, 0.4) is 0 Å². The minimum Gasteiger partial charge on any atom is -0.324 e. The molecule has 0 bridgehead atoms. The number of allylic oxidation sites excluding steroid dienone is 1. The molecule has 1 heterocycles. The van der Waals surface area contributed by atoms with E-state index in [1.54, 1.807) is 6.20 Å². The maximum atomic E-state index is 4.68. The fraction of sp³-hybridized carbons (Fsp3) is 0.182. The van der Waals surface area contributed by atoms with Gasteiger partial charge in [0.1, 0.15) is 0 Å². The van der Waals surface area contributed by atoms with Gasteiger partial charge in [0.25, 0.3) is 0 Å². The van der Waals surface area contributed by atoms with Gasteiger partial charge in [-0.05, 0) is 42.7 Å². The van der Waals surface area contributed by atoms with E-state index in [9.17, 15) is 0 Å². The van der Waals surface area contributed by atoms with E-state index in [-0.39, 0.29) is 0 Å². The van der Waals surface area contributed by atoms with Gasteiger partial charge in [-0.2, -0.15) is 0 Å². The molecule has 0 aliphatic heterocycles. The van der Waals surface area contributed by atoms with Crippen molar-refractivity contribution in [2.24, 2.45) is 0 Å². The topological polar surface area (TPSA) is 37.8 Å². The largest absolute Gasteiger partial charge is 0.324 e. The summed E-state index contributed by atoms with van der Waals surface area (Å²) in [7, 11) is 0. The molecule has 1 aliphatic rings. The summed E-state index contributed by atoms with van der Waals surface area (Å²) >= 11 is 0. The first kappa shape index (κ1) is 16.9. The number of anilines is 2. The van der Waals surface area contributed by atoms with Gasteiger partial charge in [0.15, 0.2) is 0 Å². The van der Waals surface area contributed by atoms with Gasteiger partial charge in [0, 0.05) is 17.5 Å². The predicted octanol–water partition coefficient (Wildman–Crippen LogP) is 5.54. The zero-order valence-electron chi connectivity index (χ0n) is 15.0. The van der Waals surface area contributed by atoms with Crippen LogP contribution in [0.2, 0.25) is 0 Å². The van der Waals surface area contributed by atoms with Gasteiger partial charge in [-0.3, -0.25) is 0 Å². The molecule has 1 N–H and O–H groups in total. The van der Waals surface area contributed by atoms with Crippen molar-refractivity contribution in [3.63, 3.8) is 0 Å². The van der Waals surface area contributed by atoms with E-state index >= 15 is 0 Å². The lowest BCUT2D eigenvalue weighted by Crippen LogP contribution is -1.99.